The molecule has 0 spiro atoms. The lowest BCUT2D eigenvalue weighted by atomic mass is 9.76. The summed E-state index contributed by atoms with van der Waals surface area (Å²) >= 11 is 0. The van der Waals surface area contributed by atoms with Gasteiger partial charge in [-0.15, -0.1) is 0 Å². The SMILES string of the molecule is CCNC(c1ccccc1F)C1CCCC(C)C1. The van der Waals surface area contributed by atoms with Crippen molar-refractivity contribution in [3.05, 3.63) is 35.6 Å². The van der Waals surface area contributed by atoms with E-state index in [9.17, 15) is 4.39 Å². The van der Waals surface area contributed by atoms with Crippen LogP contribution in [-0.2, 0) is 0 Å². The van der Waals surface area contributed by atoms with E-state index in [1.807, 2.05) is 12.1 Å². The second-order valence-electron chi connectivity index (χ2n) is 5.59. The number of halogens is 1. The fourth-order valence-corrected chi connectivity index (χ4v) is 3.26. The van der Waals surface area contributed by atoms with Crippen LogP contribution in [0.5, 0.6) is 0 Å². The van der Waals surface area contributed by atoms with Gasteiger partial charge >= 0.3 is 0 Å². The van der Waals surface area contributed by atoms with Crippen molar-refractivity contribution < 1.29 is 4.39 Å². The van der Waals surface area contributed by atoms with Crippen molar-refractivity contribution in [2.45, 2.75) is 45.6 Å². The average Bonchev–Trinajstić information content (AvgIpc) is 2.37. The molecule has 0 saturated heterocycles. The molecule has 0 heterocycles. The lowest BCUT2D eigenvalue weighted by Crippen LogP contribution is -2.31. The third-order valence-corrected chi connectivity index (χ3v) is 4.11. The maximum Gasteiger partial charge on any atom is 0.127 e. The molecule has 0 radical (unpaired) electrons. The highest BCUT2D eigenvalue weighted by Crippen LogP contribution is 2.37. The Balaban J connectivity index is 2.19. The summed E-state index contributed by atoms with van der Waals surface area (Å²) in [5.74, 6) is 1.28. The lowest BCUT2D eigenvalue weighted by Gasteiger charge is -2.34. The van der Waals surface area contributed by atoms with Crippen LogP contribution in [-0.4, -0.2) is 6.54 Å². The van der Waals surface area contributed by atoms with Crippen molar-refractivity contribution in [3.8, 4) is 0 Å². The topological polar surface area (TPSA) is 12.0 Å². The first-order valence-corrected chi connectivity index (χ1v) is 7.20. The Morgan fingerprint density at radius 1 is 1.33 bits per heavy atom. The normalized spacial score (nSPS) is 25.9. The molecule has 0 amide bonds. The molecule has 1 aromatic rings. The van der Waals surface area contributed by atoms with E-state index in [0.717, 1.165) is 18.0 Å². The van der Waals surface area contributed by atoms with Crippen LogP contribution in [0.4, 0.5) is 4.39 Å². The number of benzene rings is 1. The van der Waals surface area contributed by atoms with Gasteiger partial charge in [0.25, 0.3) is 0 Å². The Labute approximate surface area is 110 Å². The van der Waals surface area contributed by atoms with E-state index < -0.39 is 0 Å². The molecule has 0 bridgehead atoms. The first kappa shape index (κ1) is 13.5. The number of hydrogen-bond donors (Lipinski definition) is 1. The van der Waals surface area contributed by atoms with E-state index in [4.69, 9.17) is 0 Å². The summed E-state index contributed by atoms with van der Waals surface area (Å²) in [6.07, 6.45) is 5.04. The molecule has 3 atom stereocenters. The van der Waals surface area contributed by atoms with Crippen LogP contribution in [0.15, 0.2) is 24.3 Å². The predicted octanol–water partition coefficient (Wildman–Crippen LogP) is 4.30. The summed E-state index contributed by atoms with van der Waals surface area (Å²) in [6.45, 7) is 5.31. The minimum Gasteiger partial charge on any atom is -0.310 e. The van der Waals surface area contributed by atoms with Crippen molar-refractivity contribution in [2.24, 2.45) is 11.8 Å². The van der Waals surface area contributed by atoms with Gasteiger partial charge in [0.05, 0.1) is 0 Å². The van der Waals surface area contributed by atoms with Crippen LogP contribution in [0.1, 0.15) is 51.1 Å². The van der Waals surface area contributed by atoms with Gasteiger partial charge in [0, 0.05) is 11.6 Å². The summed E-state index contributed by atoms with van der Waals surface area (Å²) in [5, 5.41) is 3.49. The van der Waals surface area contributed by atoms with Crippen molar-refractivity contribution in [1.29, 1.82) is 0 Å². The van der Waals surface area contributed by atoms with Gasteiger partial charge in [0.1, 0.15) is 5.82 Å². The van der Waals surface area contributed by atoms with Gasteiger partial charge in [-0.2, -0.15) is 0 Å². The van der Waals surface area contributed by atoms with Gasteiger partial charge in [-0.3, -0.25) is 0 Å². The Bertz CT molecular complexity index is 377. The van der Waals surface area contributed by atoms with Crippen LogP contribution in [0.3, 0.4) is 0 Å². The zero-order valence-corrected chi connectivity index (χ0v) is 11.5. The van der Waals surface area contributed by atoms with Gasteiger partial charge in [0.15, 0.2) is 0 Å². The molecular weight excluding hydrogens is 225 g/mol. The molecule has 1 nitrogen and oxygen atoms in total. The van der Waals surface area contributed by atoms with Crippen molar-refractivity contribution in [3.63, 3.8) is 0 Å². The van der Waals surface area contributed by atoms with Crippen molar-refractivity contribution in [1.82, 2.24) is 5.32 Å². The van der Waals surface area contributed by atoms with Gasteiger partial charge in [0.2, 0.25) is 0 Å². The minimum absolute atomic E-state index is 0.0679. The monoisotopic (exact) mass is 249 g/mol. The quantitative estimate of drug-likeness (QED) is 0.838. The highest BCUT2D eigenvalue weighted by atomic mass is 19.1. The van der Waals surface area contributed by atoms with Gasteiger partial charge in [-0.25, -0.2) is 4.39 Å². The molecule has 1 saturated carbocycles. The maximum atomic E-state index is 14.0. The largest absolute Gasteiger partial charge is 0.310 e. The molecule has 0 aliphatic heterocycles. The van der Waals surface area contributed by atoms with E-state index >= 15 is 0 Å². The van der Waals surface area contributed by atoms with E-state index in [1.54, 1.807) is 12.1 Å². The van der Waals surface area contributed by atoms with Crippen LogP contribution in [0, 0.1) is 17.7 Å². The second kappa shape index (κ2) is 6.33. The first-order valence-electron chi connectivity index (χ1n) is 7.20. The summed E-state index contributed by atoms with van der Waals surface area (Å²) in [6, 6.07) is 7.40. The van der Waals surface area contributed by atoms with Crippen molar-refractivity contribution >= 4 is 0 Å². The highest BCUT2D eigenvalue weighted by molar-refractivity contribution is 5.22. The Morgan fingerprint density at radius 2 is 2.11 bits per heavy atom. The molecule has 1 aliphatic carbocycles. The number of hydrogen-bond acceptors (Lipinski definition) is 1. The highest BCUT2D eigenvalue weighted by Gasteiger charge is 2.28. The first-order chi connectivity index (χ1) is 8.72. The molecule has 2 heteroatoms. The second-order valence-corrected chi connectivity index (χ2v) is 5.59. The maximum absolute atomic E-state index is 14.0. The third-order valence-electron chi connectivity index (χ3n) is 4.11. The van der Waals surface area contributed by atoms with E-state index in [-0.39, 0.29) is 11.9 Å². The Kier molecular flexibility index (Phi) is 4.76. The van der Waals surface area contributed by atoms with Gasteiger partial charge in [-0.05, 0) is 37.3 Å². The van der Waals surface area contributed by atoms with E-state index in [1.165, 1.54) is 25.7 Å². The van der Waals surface area contributed by atoms with Crippen LogP contribution >= 0.6 is 0 Å². The minimum atomic E-state index is -0.0679. The molecule has 1 N–H and O–H groups in total. The predicted molar refractivity (Wildman–Crippen MR) is 73.9 cm³/mol. The van der Waals surface area contributed by atoms with E-state index in [2.05, 4.69) is 19.2 Å². The average molecular weight is 249 g/mol. The number of nitrogens with one attached hydrogen (secondary N) is 1. The lowest BCUT2D eigenvalue weighted by molar-refractivity contribution is 0.222. The number of rotatable bonds is 4. The molecule has 0 aromatic heterocycles. The molecule has 1 aromatic carbocycles. The molecule has 3 unspecified atom stereocenters. The Hall–Kier alpha value is -0.890. The molecule has 100 valence electrons. The molecule has 1 fully saturated rings. The van der Waals surface area contributed by atoms with Gasteiger partial charge in [-0.1, -0.05) is 44.9 Å². The molecule has 18 heavy (non-hydrogen) atoms. The van der Waals surface area contributed by atoms with Crippen LogP contribution in [0.25, 0.3) is 0 Å². The molecular formula is C16H24FN. The summed E-state index contributed by atoms with van der Waals surface area (Å²) < 4.78 is 14.0. The van der Waals surface area contributed by atoms with Crippen LogP contribution < -0.4 is 5.32 Å². The fraction of sp³-hybridized carbons (Fsp3) is 0.625. The fourth-order valence-electron chi connectivity index (χ4n) is 3.26. The standard InChI is InChI=1S/C16H24FN/c1-3-18-16(13-8-6-7-12(2)11-13)14-9-4-5-10-15(14)17/h4-5,9-10,12-13,16,18H,3,6-8,11H2,1-2H3. The summed E-state index contributed by atoms with van der Waals surface area (Å²) in [5.41, 5.74) is 0.846. The van der Waals surface area contributed by atoms with Crippen molar-refractivity contribution in [2.75, 3.05) is 6.54 Å². The smallest absolute Gasteiger partial charge is 0.127 e. The Morgan fingerprint density at radius 3 is 2.78 bits per heavy atom. The summed E-state index contributed by atoms with van der Waals surface area (Å²) in [7, 11) is 0. The van der Waals surface area contributed by atoms with Crippen LogP contribution in [0.2, 0.25) is 0 Å². The molecule has 2 rings (SSSR count). The summed E-state index contributed by atoms with van der Waals surface area (Å²) in [4.78, 5) is 0. The van der Waals surface area contributed by atoms with Gasteiger partial charge < -0.3 is 5.32 Å². The molecule has 1 aliphatic rings. The third kappa shape index (κ3) is 3.11. The zero-order valence-electron chi connectivity index (χ0n) is 11.5. The van der Waals surface area contributed by atoms with E-state index in [0.29, 0.717) is 5.92 Å². The zero-order chi connectivity index (χ0) is 13.0.